The molecule has 2 aromatic heterocycles. The summed E-state index contributed by atoms with van der Waals surface area (Å²) in [7, 11) is 0. The Kier molecular flexibility index (Phi) is 3.31. The van der Waals surface area contributed by atoms with Gasteiger partial charge in [0.1, 0.15) is 0 Å². The number of rotatable bonds is 3. The van der Waals surface area contributed by atoms with Crippen molar-refractivity contribution < 1.29 is 0 Å². The number of hydrogen-bond donors (Lipinski definition) is 1. The van der Waals surface area contributed by atoms with E-state index in [2.05, 4.69) is 10.1 Å². The van der Waals surface area contributed by atoms with Gasteiger partial charge in [0.05, 0.1) is 17.4 Å². The van der Waals surface area contributed by atoms with Crippen molar-refractivity contribution in [3.63, 3.8) is 0 Å². The summed E-state index contributed by atoms with van der Waals surface area (Å²) in [6, 6.07) is 13.7. The molecule has 0 saturated heterocycles. The zero-order valence-electron chi connectivity index (χ0n) is 11.3. The third kappa shape index (κ3) is 2.21. The second kappa shape index (κ2) is 5.27. The van der Waals surface area contributed by atoms with Gasteiger partial charge in [0.25, 0.3) is 0 Å². The fourth-order valence-electron chi connectivity index (χ4n) is 2.33. The Morgan fingerprint density at radius 2 is 1.85 bits per heavy atom. The molecular weight excluding hydrogens is 248 g/mol. The van der Waals surface area contributed by atoms with Crippen molar-refractivity contribution in [3.05, 3.63) is 77.9 Å². The molecule has 0 aliphatic heterocycles. The lowest BCUT2D eigenvalue weighted by atomic mass is 10.0. The Morgan fingerprint density at radius 3 is 2.60 bits per heavy atom. The summed E-state index contributed by atoms with van der Waals surface area (Å²) >= 11 is 0. The molecule has 100 valence electrons. The maximum atomic E-state index is 6.41. The van der Waals surface area contributed by atoms with Crippen LogP contribution in [-0.4, -0.2) is 14.8 Å². The number of hydrogen-bond acceptors (Lipinski definition) is 3. The predicted octanol–water partition coefficient (Wildman–Crippen LogP) is 2.62. The molecule has 0 aliphatic rings. The molecule has 0 fully saturated rings. The van der Waals surface area contributed by atoms with Crippen LogP contribution in [0, 0.1) is 6.92 Å². The highest BCUT2D eigenvalue weighted by Crippen LogP contribution is 2.23. The van der Waals surface area contributed by atoms with Crippen LogP contribution in [0.3, 0.4) is 0 Å². The van der Waals surface area contributed by atoms with Crippen molar-refractivity contribution >= 4 is 0 Å². The summed E-state index contributed by atoms with van der Waals surface area (Å²) in [5.74, 6) is 0. The molecule has 2 heterocycles. The Hall–Kier alpha value is -2.46. The zero-order chi connectivity index (χ0) is 13.9. The van der Waals surface area contributed by atoms with E-state index in [0.29, 0.717) is 0 Å². The van der Waals surface area contributed by atoms with Crippen LogP contribution in [0.25, 0.3) is 5.69 Å². The molecule has 0 saturated carbocycles. The summed E-state index contributed by atoms with van der Waals surface area (Å²) < 4.78 is 1.88. The quantitative estimate of drug-likeness (QED) is 0.791. The minimum absolute atomic E-state index is 0.222. The van der Waals surface area contributed by atoms with Crippen molar-refractivity contribution in [2.45, 2.75) is 13.0 Å². The van der Waals surface area contributed by atoms with E-state index in [4.69, 9.17) is 5.73 Å². The topological polar surface area (TPSA) is 56.7 Å². The molecule has 3 rings (SSSR count). The van der Waals surface area contributed by atoms with E-state index in [0.717, 1.165) is 22.5 Å². The number of aromatic nitrogens is 3. The Bertz CT molecular complexity index is 703. The average molecular weight is 264 g/mol. The van der Waals surface area contributed by atoms with Gasteiger partial charge in [-0.1, -0.05) is 18.2 Å². The lowest BCUT2D eigenvalue weighted by Crippen LogP contribution is -2.17. The van der Waals surface area contributed by atoms with Crippen LogP contribution in [0.1, 0.15) is 22.9 Å². The number of benzene rings is 1. The van der Waals surface area contributed by atoms with E-state index >= 15 is 0 Å². The second-order valence-corrected chi connectivity index (χ2v) is 4.71. The van der Waals surface area contributed by atoms with Gasteiger partial charge in [0, 0.05) is 18.6 Å². The van der Waals surface area contributed by atoms with Crippen LogP contribution >= 0.6 is 0 Å². The largest absolute Gasteiger partial charge is 0.319 e. The third-order valence-corrected chi connectivity index (χ3v) is 3.39. The summed E-state index contributed by atoms with van der Waals surface area (Å²) in [6.45, 7) is 2.02. The Morgan fingerprint density at radius 1 is 1.05 bits per heavy atom. The lowest BCUT2D eigenvalue weighted by molar-refractivity contribution is 0.735. The lowest BCUT2D eigenvalue weighted by Gasteiger charge is -2.16. The van der Waals surface area contributed by atoms with E-state index in [1.807, 2.05) is 60.3 Å². The van der Waals surface area contributed by atoms with Crippen molar-refractivity contribution in [2.24, 2.45) is 5.73 Å². The van der Waals surface area contributed by atoms with Gasteiger partial charge in [-0.2, -0.15) is 5.10 Å². The van der Waals surface area contributed by atoms with Crippen LogP contribution in [0.15, 0.2) is 61.1 Å². The Balaban J connectivity index is 2.04. The summed E-state index contributed by atoms with van der Waals surface area (Å²) in [5, 5.41) is 4.38. The molecule has 3 aromatic rings. The van der Waals surface area contributed by atoms with Crippen LogP contribution in [-0.2, 0) is 0 Å². The molecule has 0 spiro atoms. The van der Waals surface area contributed by atoms with Crippen molar-refractivity contribution in [3.8, 4) is 5.69 Å². The molecule has 0 amide bonds. The van der Waals surface area contributed by atoms with Crippen molar-refractivity contribution in [1.82, 2.24) is 14.8 Å². The molecule has 0 radical (unpaired) electrons. The van der Waals surface area contributed by atoms with E-state index in [-0.39, 0.29) is 6.04 Å². The van der Waals surface area contributed by atoms with E-state index in [9.17, 15) is 0 Å². The molecule has 0 aliphatic carbocycles. The number of pyridine rings is 1. The first-order valence-electron chi connectivity index (χ1n) is 6.53. The standard InChI is InChI=1S/C16H16N4/c1-12-11-18-9-7-14(12)16(17)15-8-10-19-20(15)13-5-3-2-4-6-13/h2-11,16H,17H2,1H3. The molecule has 20 heavy (non-hydrogen) atoms. The van der Waals surface area contributed by atoms with Gasteiger partial charge in [-0.25, -0.2) is 4.68 Å². The van der Waals surface area contributed by atoms with Gasteiger partial charge in [-0.05, 0) is 42.3 Å². The van der Waals surface area contributed by atoms with Gasteiger partial charge in [0.2, 0.25) is 0 Å². The van der Waals surface area contributed by atoms with Gasteiger partial charge < -0.3 is 5.73 Å². The van der Waals surface area contributed by atoms with Crippen molar-refractivity contribution in [2.75, 3.05) is 0 Å². The summed E-state index contributed by atoms with van der Waals surface area (Å²) in [5.41, 5.74) is 10.5. The number of nitrogens with zero attached hydrogens (tertiary/aromatic N) is 3. The molecular formula is C16H16N4. The first-order valence-corrected chi connectivity index (χ1v) is 6.53. The normalized spacial score (nSPS) is 12.3. The molecule has 0 bridgehead atoms. The van der Waals surface area contributed by atoms with Gasteiger partial charge in [-0.15, -0.1) is 0 Å². The maximum absolute atomic E-state index is 6.41. The molecule has 1 unspecified atom stereocenters. The zero-order valence-corrected chi connectivity index (χ0v) is 11.3. The second-order valence-electron chi connectivity index (χ2n) is 4.71. The first kappa shape index (κ1) is 12.6. The highest BCUT2D eigenvalue weighted by atomic mass is 15.3. The van der Waals surface area contributed by atoms with Crippen LogP contribution in [0.4, 0.5) is 0 Å². The highest BCUT2D eigenvalue weighted by Gasteiger charge is 2.16. The third-order valence-electron chi connectivity index (χ3n) is 3.39. The van der Waals surface area contributed by atoms with Crippen molar-refractivity contribution in [1.29, 1.82) is 0 Å². The van der Waals surface area contributed by atoms with Gasteiger partial charge in [0.15, 0.2) is 0 Å². The fourth-order valence-corrected chi connectivity index (χ4v) is 2.33. The molecule has 4 nitrogen and oxygen atoms in total. The Labute approximate surface area is 117 Å². The van der Waals surface area contributed by atoms with Gasteiger partial charge in [-0.3, -0.25) is 4.98 Å². The summed E-state index contributed by atoms with van der Waals surface area (Å²) in [6.07, 6.45) is 5.38. The molecule has 1 atom stereocenters. The SMILES string of the molecule is Cc1cnccc1C(N)c1ccnn1-c1ccccc1. The number of nitrogens with two attached hydrogens (primary N) is 1. The fraction of sp³-hybridized carbons (Fsp3) is 0.125. The smallest absolute Gasteiger partial charge is 0.0731 e. The first-order chi connectivity index (χ1) is 9.77. The minimum Gasteiger partial charge on any atom is -0.319 e. The van der Waals surface area contributed by atoms with E-state index in [1.54, 1.807) is 12.4 Å². The highest BCUT2D eigenvalue weighted by molar-refractivity contribution is 5.37. The predicted molar refractivity (Wildman–Crippen MR) is 78.6 cm³/mol. The van der Waals surface area contributed by atoms with E-state index in [1.165, 1.54) is 0 Å². The maximum Gasteiger partial charge on any atom is 0.0731 e. The number of aryl methyl sites for hydroxylation is 1. The molecule has 1 aromatic carbocycles. The van der Waals surface area contributed by atoms with Crippen LogP contribution in [0.5, 0.6) is 0 Å². The minimum atomic E-state index is -0.222. The molecule has 2 N–H and O–H groups in total. The number of para-hydroxylation sites is 1. The monoisotopic (exact) mass is 264 g/mol. The average Bonchev–Trinajstić information content (AvgIpc) is 2.97. The molecule has 4 heteroatoms. The summed E-state index contributed by atoms with van der Waals surface area (Å²) in [4.78, 5) is 4.11. The van der Waals surface area contributed by atoms with Gasteiger partial charge >= 0.3 is 0 Å². The van der Waals surface area contributed by atoms with Crippen LogP contribution < -0.4 is 5.73 Å². The van der Waals surface area contributed by atoms with Crippen LogP contribution in [0.2, 0.25) is 0 Å². The van der Waals surface area contributed by atoms with E-state index < -0.39 is 0 Å².